The number of aryl methyl sites for hydroxylation is 2. The van der Waals surface area contributed by atoms with Crippen molar-refractivity contribution < 1.29 is 28.5 Å². The van der Waals surface area contributed by atoms with E-state index in [1.165, 1.54) is 22.7 Å². The molecule has 0 fully saturated rings. The lowest BCUT2D eigenvalue weighted by molar-refractivity contribution is -0.119. The summed E-state index contributed by atoms with van der Waals surface area (Å²) < 4.78 is 27.7. The Kier molecular flexibility index (Phi) is 7.61. The molecule has 0 bridgehead atoms. The Morgan fingerprint density at radius 1 is 0.650 bits per heavy atom. The van der Waals surface area contributed by atoms with E-state index in [4.69, 9.17) is 18.9 Å². The van der Waals surface area contributed by atoms with E-state index in [0.29, 0.717) is 22.4 Å². The summed E-state index contributed by atoms with van der Waals surface area (Å²) in [7, 11) is 3.81. The van der Waals surface area contributed by atoms with Crippen LogP contribution in [0, 0.1) is 0 Å². The Balaban J connectivity index is 0.916. The molecule has 0 radical (unpaired) electrons. The number of amides is 2. The highest BCUT2D eigenvalue weighted by atomic mass is 32.1. The molecule has 2 amide bonds. The van der Waals surface area contributed by atoms with Crippen LogP contribution < -0.4 is 28.6 Å². The van der Waals surface area contributed by atoms with Crippen LogP contribution in [0.3, 0.4) is 0 Å². The molecule has 6 rings (SSSR count). The van der Waals surface area contributed by atoms with Crippen molar-refractivity contribution in [2.24, 2.45) is 24.1 Å². The molecular weight excluding hydrogens is 552 g/mol. The van der Waals surface area contributed by atoms with Crippen LogP contribution in [0.2, 0.25) is 0 Å². The molecule has 0 aliphatic carbocycles. The summed E-state index contributed by atoms with van der Waals surface area (Å²) in [6, 6.07) is 7.74. The van der Waals surface area contributed by atoms with Crippen LogP contribution in [0.15, 0.2) is 34.3 Å². The van der Waals surface area contributed by atoms with Gasteiger partial charge in [0.25, 0.3) is 0 Å². The number of hydrogen-bond donors (Lipinski definition) is 0. The Labute approximate surface area is 238 Å². The normalized spacial score (nSPS) is 14.7. The van der Waals surface area contributed by atoms with E-state index in [-0.39, 0.29) is 25.4 Å². The van der Waals surface area contributed by atoms with Crippen LogP contribution >= 0.6 is 22.7 Å². The first-order valence-corrected chi connectivity index (χ1v) is 15.0. The fourth-order valence-corrected chi connectivity index (χ4v) is 6.92. The van der Waals surface area contributed by atoms with Gasteiger partial charge in [-0.15, -0.1) is 0 Å². The molecule has 0 N–H and O–H groups in total. The molecule has 0 saturated carbocycles. The molecule has 2 aliphatic heterocycles. The van der Waals surface area contributed by atoms with Crippen LogP contribution in [-0.4, -0.2) is 34.5 Å². The highest BCUT2D eigenvalue weighted by Gasteiger charge is 2.18. The molecule has 2 aromatic carbocycles. The summed E-state index contributed by atoms with van der Waals surface area (Å²) in [5.74, 6) is 2.69. The number of hydrogen-bond acceptors (Lipinski definition) is 8. The van der Waals surface area contributed by atoms with E-state index < -0.39 is 0 Å². The van der Waals surface area contributed by atoms with Gasteiger partial charge < -0.3 is 28.1 Å². The van der Waals surface area contributed by atoms with E-state index in [0.717, 1.165) is 82.0 Å². The lowest BCUT2D eigenvalue weighted by Gasteiger charge is -2.00. The van der Waals surface area contributed by atoms with E-state index in [1.54, 1.807) is 0 Å². The van der Waals surface area contributed by atoms with Crippen LogP contribution in [0.1, 0.15) is 51.4 Å². The van der Waals surface area contributed by atoms with Crippen LogP contribution in [-0.2, 0) is 23.7 Å². The average Bonchev–Trinajstić information content (AvgIpc) is 3.71. The van der Waals surface area contributed by atoms with Gasteiger partial charge in [0.15, 0.2) is 32.6 Å². The van der Waals surface area contributed by atoms with Gasteiger partial charge in [-0.2, -0.15) is 9.98 Å². The van der Waals surface area contributed by atoms with E-state index in [2.05, 4.69) is 9.98 Å². The third-order valence-corrected chi connectivity index (χ3v) is 9.27. The molecule has 0 spiro atoms. The maximum atomic E-state index is 12.5. The molecule has 210 valence electrons. The van der Waals surface area contributed by atoms with Crippen molar-refractivity contribution in [1.82, 2.24) is 9.13 Å². The van der Waals surface area contributed by atoms with Crippen molar-refractivity contribution in [3.05, 3.63) is 33.9 Å². The minimum Gasteiger partial charge on any atom is -0.454 e. The first kappa shape index (κ1) is 26.6. The van der Waals surface area contributed by atoms with Gasteiger partial charge in [0.1, 0.15) is 0 Å². The number of benzene rings is 2. The second-order valence-corrected chi connectivity index (χ2v) is 11.9. The summed E-state index contributed by atoms with van der Waals surface area (Å²) in [4.78, 5) is 34.9. The Morgan fingerprint density at radius 3 is 1.45 bits per heavy atom. The van der Waals surface area contributed by atoms with Gasteiger partial charge in [-0.25, -0.2) is 0 Å². The van der Waals surface area contributed by atoms with Crippen molar-refractivity contribution in [2.45, 2.75) is 51.4 Å². The number of aromatic nitrogens is 2. The molecule has 2 aromatic heterocycles. The molecule has 4 aromatic rings. The summed E-state index contributed by atoms with van der Waals surface area (Å²) in [5.41, 5.74) is 1.94. The third kappa shape index (κ3) is 5.50. The van der Waals surface area contributed by atoms with Crippen LogP contribution in [0.4, 0.5) is 0 Å². The average molecular weight is 583 g/mol. The Morgan fingerprint density at radius 2 is 1.02 bits per heavy atom. The predicted molar refractivity (Wildman–Crippen MR) is 152 cm³/mol. The SMILES string of the molecule is Cn1c(=NC(=O)CCCCCCCCC(=O)N=c2sc3cc4c(cc3n2C)OCO4)sc2cc3c(cc21)OCO3. The zero-order chi connectivity index (χ0) is 27.6. The molecule has 2 aliphatic rings. The number of nitrogens with zero attached hydrogens (tertiary/aromatic N) is 4. The summed E-state index contributed by atoms with van der Waals surface area (Å²) in [6.07, 6.45) is 6.47. The van der Waals surface area contributed by atoms with Crippen molar-refractivity contribution in [3.8, 4) is 23.0 Å². The number of fused-ring (bicyclic) bond motifs is 4. The molecule has 0 unspecified atom stereocenters. The molecular formula is C28H30N4O6S2. The van der Waals surface area contributed by atoms with Gasteiger partial charge in [0.2, 0.25) is 25.4 Å². The number of carbonyl (C=O) groups is 2. The number of rotatable bonds is 9. The quantitative estimate of drug-likeness (QED) is 0.259. The molecule has 4 heterocycles. The van der Waals surface area contributed by atoms with Gasteiger partial charge in [0, 0.05) is 51.2 Å². The van der Waals surface area contributed by atoms with E-state index >= 15 is 0 Å². The van der Waals surface area contributed by atoms with Gasteiger partial charge in [-0.05, 0) is 12.8 Å². The zero-order valence-corrected chi connectivity index (χ0v) is 24.1. The second-order valence-electron chi connectivity index (χ2n) is 9.87. The number of ether oxygens (including phenoxy) is 4. The monoisotopic (exact) mass is 582 g/mol. The Hall–Kier alpha value is -3.64. The fraction of sp³-hybridized carbons (Fsp3) is 0.429. The molecule has 10 nitrogen and oxygen atoms in total. The lowest BCUT2D eigenvalue weighted by atomic mass is 10.1. The molecule has 0 atom stereocenters. The number of carbonyl (C=O) groups excluding carboxylic acids is 2. The highest BCUT2D eigenvalue weighted by Crippen LogP contribution is 2.37. The second kappa shape index (κ2) is 11.5. The van der Waals surface area contributed by atoms with Crippen molar-refractivity contribution in [2.75, 3.05) is 13.6 Å². The van der Waals surface area contributed by atoms with Gasteiger partial charge in [0.05, 0.1) is 20.4 Å². The Bertz CT molecular complexity index is 1620. The summed E-state index contributed by atoms with van der Waals surface area (Å²) in [5, 5.41) is 0. The lowest BCUT2D eigenvalue weighted by Crippen LogP contribution is -2.13. The van der Waals surface area contributed by atoms with E-state index in [1.807, 2.05) is 47.5 Å². The van der Waals surface area contributed by atoms with Gasteiger partial charge in [-0.1, -0.05) is 48.4 Å². The smallest absolute Gasteiger partial charge is 0.248 e. The van der Waals surface area contributed by atoms with Crippen molar-refractivity contribution in [1.29, 1.82) is 0 Å². The maximum Gasteiger partial charge on any atom is 0.248 e. The number of thiazole rings is 2. The first-order valence-electron chi connectivity index (χ1n) is 13.4. The molecule has 40 heavy (non-hydrogen) atoms. The summed E-state index contributed by atoms with van der Waals surface area (Å²) in [6.45, 7) is 0.474. The topological polar surface area (TPSA) is 106 Å². The minimum absolute atomic E-state index is 0.103. The van der Waals surface area contributed by atoms with Crippen LogP contribution in [0.5, 0.6) is 23.0 Å². The third-order valence-electron chi connectivity index (χ3n) is 7.08. The summed E-state index contributed by atoms with van der Waals surface area (Å²) >= 11 is 2.95. The molecule has 0 saturated heterocycles. The van der Waals surface area contributed by atoms with Gasteiger partial charge >= 0.3 is 0 Å². The van der Waals surface area contributed by atoms with Gasteiger partial charge in [-0.3, -0.25) is 9.59 Å². The largest absolute Gasteiger partial charge is 0.454 e. The minimum atomic E-state index is -0.103. The molecule has 12 heteroatoms. The van der Waals surface area contributed by atoms with Crippen molar-refractivity contribution in [3.63, 3.8) is 0 Å². The predicted octanol–water partition coefficient (Wildman–Crippen LogP) is 4.93. The highest BCUT2D eigenvalue weighted by molar-refractivity contribution is 7.16. The zero-order valence-electron chi connectivity index (χ0n) is 22.4. The first-order chi connectivity index (χ1) is 19.5. The van der Waals surface area contributed by atoms with E-state index in [9.17, 15) is 9.59 Å². The van der Waals surface area contributed by atoms with Crippen LogP contribution in [0.25, 0.3) is 20.4 Å². The van der Waals surface area contributed by atoms with Crippen molar-refractivity contribution >= 4 is 54.9 Å². The fourth-order valence-electron chi connectivity index (χ4n) is 4.83. The number of unbranched alkanes of at least 4 members (excludes halogenated alkanes) is 5. The standard InChI is InChI=1S/C28H30N4O6S2/c1-31-17-11-19-21(37-15-35-19)13-23(17)39-27(31)29-25(33)9-7-5-3-4-6-8-10-26(34)30-28-32(2)18-12-20-22(38-16-36-20)14-24(18)40-28/h11-14H,3-10,15-16H2,1-2H3. The maximum absolute atomic E-state index is 12.5.